The smallest absolute Gasteiger partial charge is 0.249 e. The van der Waals surface area contributed by atoms with Crippen molar-refractivity contribution in [2.45, 2.75) is 39.7 Å². The molecule has 0 N–H and O–H groups in total. The number of ketones is 1. The van der Waals surface area contributed by atoms with Crippen LogP contribution < -0.4 is 0 Å². The van der Waals surface area contributed by atoms with Gasteiger partial charge in [0.15, 0.2) is 11.8 Å². The van der Waals surface area contributed by atoms with E-state index in [9.17, 15) is 4.79 Å². The maximum atomic E-state index is 12.1. The van der Waals surface area contributed by atoms with Crippen LogP contribution in [0.5, 0.6) is 0 Å². The van der Waals surface area contributed by atoms with E-state index in [1.165, 1.54) is 6.42 Å². The molecular formula is C10H19INO+. The molecule has 1 saturated heterocycles. The number of carbonyl (C=O) groups is 1. The SMILES string of the molecule is CC(C)(C)C(=O)[C@@H]1CCC[N+]1(C)I. The van der Waals surface area contributed by atoms with Crippen molar-refractivity contribution in [3.63, 3.8) is 0 Å². The van der Waals surface area contributed by atoms with Gasteiger partial charge in [0.1, 0.15) is 0 Å². The molecule has 0 amide bonds. The minimum atomic E-state index is -0.181. The molecule has 76 valence electrons. The Kier molecular flexibility index (Phi) is 3.08. The van der Waals surface area contributed by atoms with E-state index >= 15 is 0 Å². The minimum absolute atomic E-state index is 0.181. The van der Waals surface area contributed by atoms with Crippen LogP contribution in [-0.2, 0) is 4.79 Å². The summed E-state index contributed by atoms with van der Waals surface area (Å²) in [6.07, 6.45) is 2.25. The molecule has 1 aliphatic heterocycles. The number of nitrogens with zero attached hydrogens (tertiary/aromatic N) is 1. The van der Waals surface area contributed by atoms with Crippen LogP contribution in [0.15, 0.2) is 0 Å². The topological polar surface area (TPSA) is 17.1 Å². The standard InChI is InChI=1S/C10H19INO/c1-10(2,3)9(13)8-6-5-7-12(8,4)11/h8H,5-7H2,1-4H3/q+1/t8-,12?/m0/s1. The lowest BCUT2D eigenvalue weighted by Crippen LogP contribution is -2.47. The van der Waals surface area contributed by atoms with Crippen molar-refractivity contribution >= 4 is 28.6 Å². The molecule has 3 heteroatoms. The number of hydrogen-bond acceptors (Lipinski definition) is 1. The van der Waals surface area contributed by atoms with Gasteiger partial charge in [0.05, 0.1) is 13.6 Å². The highest BCUT2D eigenvalue weighted by atomic mass is 127. The molecule has 13 heavy (non-hydrogen) atoms. The van der Waals surface area contributed by atoms with Gasteiger partial charge in [-0.2, -0.15) is 0 Å². The van der Waals surface area contributed by atoms with Crippen LogP contribution in [-0.4, -0.2) is 28.1 Å². The van der Waals surface area contributed by atoms with E-state index in [1.807, 2.05) is 20.8 Å². The second-order valence-electron chi connectivity index (χ2n) is 5.14. The largest absolute Gasteiger partial charge is 0.292 e. The van der Waals surface area contributed by atoms with Crippen LogP contribution in [0.3, 0.4) is 0 Å². The van der Waals surface area contributed by atoms with Crippen LogP contribution in [0.25, 0.3) is 0 Å². The molecule has 1 aliphatic rings. The molecule has 1 unspecified atom stereocenters. The second-order valence-corrected chi connectivity index (χ2v) is 7.34. The fourth-order valence-corrected chi connectivity index (χ4v) is 2.77. The Bertz CT molecular complexity index is 217. The molecule has 0 aromatic rings. The maximum absolute atomic E-state index is 12.1. The summed E-state index contributed by atoms with van der Waals surface area (Å²) in [5.41, 5.74) is -0.181. The Hall–Kier alpha value is 0.360. The average Bonchev–Trinajstić information content (AvgIpc) is 2.26. The van der Waals surface area contributed by atoms with E-state index in [-0.39, 0.29) is 11.5 Å². The van der Waals surface area contributed by atoms with Gasteiger partial charge in [-0.25, -0.2) is 0 Å². The molecule has 1 heterocycles. The van der Waals surface area contributed by atoms with Gasteiger partial charge in [0, 0.05) is 18.3 Å². The monoisotopic (exact) mass is 296 g/mol. The Balaban J connectivity index is 2.79. The quantitative estimate of drug-likeness (QED) is 0.537. The number of likely N-dealkylation sites (tertiary alicyclic amines) is 1. The lowest BCUT2D eigenvalue weighted by molar-refractivity contribution is -0.733. The van der Waals surface area contributed by atoms with Crippen molar-refractivity contribution in [3.05, 3.63) is 0 Å². The van der Waals surface area contributed by atoms with Gasteiger partial charge in [-0.15, -0.1) is 0 Å². The number of Topliss-reactive ketones (excluding diaryl/α,β-unsaturated/α-hetero) is 1. The van der Waals surface area contributed by atoms with E-state index < -0.39 is 0 Å². The van der Waals surface area contributed by atoms with E-state index in [4.69, 9.17) is 0 Å². The number of halogens is 1. The zero-order valence-electron chi connectivity index (χ0n) is 8.93. The predicted octanol–water partition coefficient (Wildman–Crippen LogP) is 2.56. The third-order valence-electron chi connectivity index (χ3n) is 2.76. The van der Waals surface area contributed by atoms with E-state index in [1.54, 1.807) is 0 Å². The zero-order valence-corrected chi connectivity index (χ0v) is 11.1. The maximum Gasteiger partial charge on any atom is 0.249 e. The van der Waals surface area contributed by atoms with Crippen molar-refractivity contribution < 1.29 is 7.49 Å². The zero-order chi connectivity index (χ0) is 10.3. The van der Waals surface area contributed by atoms with Gasteiger partial charge in [0.2, 0.25) is 22.9 Å². The fourth-order valence-electron chi connectivity index (χ4n) is 1.89. The molecule has 1 rings (SSSR count). The summed E-state index contributed by atoms with van der Waals surface area (Å²) in [5.74, 6) is 0.418. The third-order valence-corrected chi connectivity index (χ3v) is 3.92. The predicted molar refractivity (Wildman–Crippen MR) is 62.6 cm³/mol. The molecule has 0 spiro atoms. The third kappa shape index (κ3) is 2.43. The number of carbonyl (C=O) groups excluding carboxylic acids is 1. The molecule has 0 aliphatic carbocycles. The van der Waals surface area contributed by atoms with Crippen LogP contribution in [0.1, 0.15) is 33.6 Å². The first kappa shape index (κ1) is 11.4. The molecule has 0 aromatic carbocycles. The number of rotatable bonds is 1. The highest BCUT2D eigenvalue weighted by molar-refractivity contribution is 14.1. The summed E-state index contributed by atoms with van der Waals surface area (Å²) in [4.78, 5) is 12.1. The second kappa shape index (κ2) is 3.50. The molecule has 0 saturated carbocycles. The van der Waals surface area contributed by atoms with Gasteiger partial charge in [-0.1, -0.05) is 20.8 Å². The van der Waals surface area contributed by atoms with Gasteiger partial charge in [-0.3, -0.25) is 7.49 Å². The van der Waals surface area contributed by atoms with Crippen molar-refractivity contribution in [3.8, 4) is 0 Å². The summed E-state index contributed by atoms with van der Waals surface area (Å²) < 4.78 is 0.855. The number of likely N-dealkylation sites (N-methyl/N-ethyl adjacent to an activating group) is 1. The first-order chi connectivity index (χ1) is 5.75. The summed E-state index contributed by atoms with van der Waals surface area (Å²) in [6, 6.07) is 0.223. The molecule has 2 atom stereocenters. The van der Waals surface area contributed by atoms with Gasteiger partial charge < -0.3 is 0 Å². The summed E-state index contributed by atoms with van der Waals surface area (Å²) in [6.45, 7) is 7.19. The molecule has 0 aromatic heterocycles. The Morgan fingerprint density at radius 1 is 1.46 bits per heavy atom. The fraction of sp³-hybridized carbons (Fsp3) is 0.900. The Labute approximate surface area is 94.8 Å². The lowest BCUT2D eigenvalue weighted by Gasteiger charge is -2.30. The van der Waals surface area contributed by atoms with E-state index in [2.05, 4.69) is 29.9 Å². The van der Waals surface area contributed by atoms with Crippen LogP contribution >= 0.6 is 22.9 Å². The van der Waals surface area contributed by atoms with Crippen molar-refractivity contribution in [1.29, 1.82) is 0 Å². The van der Waals surface area contributed by atoms with Crippen molar-refractivity contribution in [1.82, 2.24) is 0 Å². The highest BCUT2D eigenvalue weighted by Crippen LogP contribution is 2.34. The summed E-state index contributed by atoms with van der Waals surface area (Å²) >= 11 is 2.40. The van der Waals surface area contributed by atoms with E-state index in [0.29, 0.717) is 5.78 Å². The van der Waals surface area contributed by atoms with Crippen LogP contribution in [0.2, 0.25) is 0 Å². The summed E-state index contributed by atoms with van der Waals surface area (Å²) in [5, 5.41) is 0. The molecular weight excluding hydrogens is 277 g/mol. The lowest BCUT2D eigenvalue weighted by atomic mass is 9.86. The van der Waals surface area contributed by atoms with E-state index in [0.717, 1.165) is 15.7 Å². The number of quaternary nitrogens is 1. The Morgan fingerprint density at radius 3 is 2.31 bits per heavy atom. The Morgan fingerprint density at radius 2 is 2.00 bits per heavy atom. The number of hydrogen-bond donors (Lipinski definition) is 0. The van der Waals surface area contributed by atoms with Gasteiger partial charge >= 0.3 is 0 Å². The van der Waals surface area contributed by atoms with Crippen molar-refractivity contribution in [2.75, 3.05) is 13.6 Å². The first-order valence-electron chi connectivity index (χ1n) is 4.84. The van der Waals surface area contributed by atoms with Crippen LogP contribution in [0.4, 0.5) is 0 Å². The highest BCUT2D eigenvalue weighted by Gasteiger charge is 2.45. The molecule has 0 bridgehead atoms. The molecule has 2 nitrogen and oxygen atoms in total. The average molecular weight is 296 g/mol. The first-order valence-corrected chi connectivity index (χ1v) is 5.81. The van der Waals surface area contributed by atoms with Crippen molar-refractivity contribution in [2.24, 2.45) is 5.41 Å². The minimum Gasteiger partial charge on any atom is -0.292 e. The molecule has 0 radical (unpaired) electrons. The molecule has 1 fully saturated rings. The summed E-state index contributed by atoms with van der Waals surface area (Å²) in [7, 11) is 2.15. The van der Waals surface area contributed by atoms with Gasteiger partial charge in [-0.05, 0) is 0 Å². The van der Waals surface area contributed by atoms with Gasteiger partial charge in [0.25, 0.3) is 0 Å². The normalized spacial score (nSPS) is 35.0. The van der Waals surface area contributed by atoms with Crippen LogP contribution in [0, 0.1) is 5.41 Å².